The molecule has 0 radical (unpaired) electrons. The fourth-order valence-corrected chi connectivity index (χ4v) is 9.13. The molecule has 60 heavy (non-hydrogen) atoms. The van der Waals surface area contributed by atoms with Gasteiger partial charge >= 0.3 is 0 Å². The van der Waals surface area contributed by atoms with Gasteiger partial charge in [0.25, 0.3) is 0 Å². The van der Waals surface area contributed by atoms with Crippen LogP contribution in [-0.2, 0) is 15.1 Å². The molecule has 0 aliphatic carbocycles. The summed E-state index contributed by atoms with van der Waals surface area (Å²) >= 11 is 14.0. The minimum Gasteiger partial charge on any atom is -0.324 e. The molecule has 0 heterocycles. The monoisotopic (exact) mass is 851 g/mol. The minimum atomic E-state index is -1.39. The number of carbonyl (C=O) groups is 3. The summed E-state index contributed by atoms with van der Waals surface area (Å²) < 4.78 is 0. The Morgan fingerprint density at radius 1 is 0.483 bits per heavy atom. The van der Waals surface area contributed by atoms with Crippen molar-refractivity contribution in [2.75, 3.05) is 17.3 Å². The van der Waals surface area contributed by atoms with Gasteiger partial charge in [-0.3, -0.25) is 14.4 Å². The van der Waals surface area contributed by atoms with Gasteiger partial charge in [-0.05, 0) is 54.2 Å². The molecule has 0 aromatic heterocycles. The Labute approximate surface area is 371 Å². The Hall–Kier alpha value is -5.06. The van der Waals surface area contributed by atoms with E-state index in [-0.39, 0.29) is 29.0 Å². The van der Waals surface area contributed by atoms with Gasteiger partial charge in [-0.1, -0.05) is 176 Å². The van der Waals surface area contributed by atoms with Gasteiger partial charge in [-0.2, -0.15) is 37.9 Å². The number of ketones is 1. The highest BCUT2D eigenvalue weighted by molar-refractivity contribution is 7.80. The summed E-state index contributed by atoms with van der Waals surface area (Å²) in [6.45, 7) is 5.60. The normalized spacial score (nSPS) is 13.3. The zero-order valence-corrected chi connectivity index (χ0v) is 36.9. The van der Waals surface area contributed by atoms with E-state index in [0.29, 0.717) is 5.56 Å². The lowest BCUT2D eigenvalue weighted by Gasteiger charge is -2.51. The lowest BCUT2D eigenvalue weighted by Crippen LogP contribution is -2.67. The Bertz CT molecular complexity index is 2170. The summed E-state index contributed by atoms with van der Waals surface area (Å²) in [7, 11) is 0. The number of hydrogen-bond donors (Lipinski definition) is 4. The van der Waals surface area contributed by atoms with Crippen molar-refractivity contribution in [2.45, 2.75) is 55.9 Å². The number of carbonyl (C=O) groups excluding carboxylic acids is 3. The molecule has 0 spiro atoms. The molecule has 2 N–H and O–H groups in total. The van der Waals surface area contributed by atoms with Gasteiger partial charge < -0.3 is 15.5 Å². The summed E-state index contributed by atoms with van der Waals surface area (Å²) in [5, 5.41) is 0. The zero-order chi connectivity index (χ0) is 42.9. The average molecular weight is 852 g/mol. The number of hydrogen-bond acceptors (Lipinski definition) is 7. The maximum atomic E-state index is 16.2. The van der Waals surface area contributed by atoms with Crippen LogP contribution in [0.15, 0.2) is 176 Å². The summed E-state index contributed by atoms with van der Waals surface area (Å²) in [6, 6.07) is 54.2. The summed E-state index contributed by atoms with van der Waals surface area (Å²) in [4.78, 5) is 49.1. The molecular formula is C51H53N3O3S3. The van der Waals surface area contributed by atoms with E-state index in [0.717, 1.165) is 33.4 Å². The van der Waals surface area contributed by atoms with E-state index in [1.165, 1.54) is 4.90 Å². The number of nitrogens with two attached hydrogens (primary N) is 1. The molecule has 0 saturated carbocycles. The lowest BCUT2D eigenvalue weighted by molar-refractivity contribution is -0.153. The maximum absolute atomic E-state index is 16.2. The SMILES string of the molecule is CC(C)(C)N(C(=O)[C@@H](N)CS)[C@@H](CS)C(=O)N([C@@H](CS)C(=O)c1ccc(C(c2ccccc2)c2ccccc2)cc1)C(c1ccccc1)(c1ccccc1)c1ccccc1. The smallest absolute Gasteiger partial charge is 0.248 e. The van der Waals surface area contributed by atoms with E-state index in [1.807, 2.05) is 172 Å². The van der Waals surface area contributed by atoms with Gasteiger partial charge in [-0.25, -0.2) is 0 Å². The van der Waals surface area contributed by atoms with E-state index in [4.69, 9.17) is 31.0 Å². The van der Waals surface area contributed by atoms with Gasteiger partial charge in [0, 0.05) is 34.3 Å². The second kappa shape index (κ2) is 20.0. The highest BCUT2D eigenvalue weighted by Gasteiger charge is 2.52. The molecule has 6 rings (SSSR count). The van der Waals surface area contributed by atoms with Crippen molar-refractivity contribution in [3.05, 3.63) is 215 Å². The quantitative estimate of drug-likeness (QED) is 0.0445. The Morgan fingerprint density at radius 3 is 1.20 bits per heavy atom. The van der Waals surface area contributed by atoms with Crippen molar-refractivity contribution >= 4 is 55.5 Å². The second-order valence-corrected chi connectivity index (χ2v) is 16.9. The molecule has 0 aliphatic heterocycles. The third kappa shape index (κ3) is 9.15. The van der Waals surface area contributed by atoms with Crippen LogP contribution in [0.5, 0.6) is 0 Å². The molecule has 0 unspecified atom stereocenters. The van der Waals surface area contributed by atoms with Crippen LogP contribution in [0, 0.1) is 0 Å². The van der Waals surface area contributed by atoms with Crippen LogP contribution in [0.3, 0.4) is 0 Å². The van der Waals surface area contributed by atoms with Crippen LogP contribution < -0.4 is 5.73 Å². The average Bonchev–Trinajstić information content (AvgIpc) is 3.29. The van der Waals surface area contributed by atoms with Crippen molar-refractivity contribution in [1.82, 2.24) is 9.80 Å². The van der Waals surface area contributed by atoms with Crippen LogP contribution >= 0.6 is 37.9 Å². The van der Waals surface area contributed by atoms with E-state index in [9.17, 15) is 4.79 Å². The Morgan fingerprint density at radius 2 is 0.850 bits per heavy atom. The first-order valence-corrected chi connectivity index (χ1v) is 22.0. The molecule has 0 fully saturated rings. The number of amides is 2. The van der Waals surface area contributed by atoms with Crippen LogP contribution in [0.25, 0.3) is 0 Å². The minimum absolute atomic E-state index is 0.0316. The van der Waals surface area contributed by atoms with Crippen LogP contribution in [0.4, 0.5) is 0 Å². The molecule has 2 amide bonds. The first-order chi connectivity index (χ1) is 29.0. The molecule has 0 saturated heterocycles. The van der Waals surface area contributed by atoms with Crippen LogP contribution in [0.2, 0.25) is 0 Å². The third-order valence-corrected chi connectivity index (χ3v) is 12.1. The summed E-state index contributed by atoms with van der Waals surface area (Å²) in [5.74, 6) is -1.29. The van der Waals surface area contributed by atoms with Gasteiger partial charge in [0.05, 0.1) is 6.04 Å². The fraction of sp³-hybridized carbons (Fsp3) is 0.235. The van der Waals surface area contributed by atoms with Gasteiger partial charge in [0.15, 0.2) is 5.78 Å². The molecule has 6 aromatic rings. The number of thiol groups is 3. The third-order valence-electron chi connectivity index (χ3n) is 11.0. The number of benzene rings is 6. The highest BCUT2D eigenvalue weighted by Crippen LogP contribution is 2.45. The number of rotatable bonds is 16. The molecule has 6 aromatic carbocycles. The number of nitrogens with zero attached hydrogens (tertiary/aromatic N) is 2. The first kappa shape index (κ1) is 44.5. The molecule has 308 valence electrons. The van der Waals surface area contributed by atoms with Gasteiger partial charge in [0.1, 0.15) is 17.6 Å². The van der Waals surface area contributed by atoms with Gasteiger partial charge in [-0.15, -0.1) is 0 Å². The Balaban J connectivity index is 1.60. The van der Waals surface area contributed by atoms with Crippen molar-refractivity contribution in [1.29, 1.82) is 0 Å². The van der Waals surface area contributed by atoms with Gasteiger partial charge in [0.2, 0.25) is 11.8 Å². The van der Waals surface area contributed by atoms with Crippen molar-refractivity contribution in [3.8, 4) is 0 Å². The topological polar surface area (TPSA) is 83.7 Å². The van der Waals surface area contributed by atoms with E-state index in [1.54, 1.807) is 4.90 Å². The Kier molecular flexibility index (Phi) is 14.8. The fourth-order valence-electron chi connectivity index (χ4n) is 8.33. The highest BCUT2D eigenvalue weighted by atomic mass is 32.1. The lowest BCUT2D eigenvalue weighted by atomic mass is 9.74. The maximum Gasteiger partial charge on any atom is 0.248 e. The largest absolute Gasteiger partial charge is 0.324 e. The van der Waals surface area contributed by atoms with Crippen molar-refractivity contribution in [2.24, 2.45) is 5.73 Å². The van der Waals surface area contributed by atoms with Crippen molar-refractivity contribution < 1.29 is 14.4 Å². The summed E-state index contributed by atoms with van der Waals surface area (Å²) in [5.41, 5.74) is 10.0. The van der Waals surface area contributed by atoms with E-state index >= 15 is 9.59 Å². The second-order valence-electron chi connectivity index (χ2n) is 15.8. The standard InChI is InChI=1S/C51H53N3O3S3/c1-50(2,3)53(48(56)43(52)33-58)45(35-60)49(57)54(51(40-23-13-6-14-24-40,41-25-15-7-16-26-41)42-27-17-8-18-28-42)44(34-59)47(55)39-31-29-38(30-32-39)46(36-19-9-4-10-20-36)37-21-11-5-12-22-37/h4-32,43-46,58-60H,33-35,52H2,1-3H3/t43-,44-,45-/m0/s1. The zero-order valence-electron chi connectivity index (χ0n) is 34.2. The van der Waals surface area contributed by atoms with Crippen LogP contribution in [-0.4, -0.2) is 68.3 Å². The molecule has 0 aliphatic rings. The molecule has 3 atom stereocenters. The predicted molar refractivity (Wildman–Crippen MR) is 254 cm³/mol. The number of Topliss-reactive ketones (excluding diaryl/α,β-unsaturated/α-hetero) is 1. The predicted octanol–water partition coefficient (Wildman–Crippen LogP) is 9.35. The molecule has 9 heteroatoms. The van der Waals surface area contributed by atoms with Crippen LogP contribution in [0.1, 0.15) is 70.4 Å². The molecule has 0 bridgehead atoms. The molecular weight excluding hydrogens is 799 g/mol. The van der Waals surface area contributed by atoms with E-state index < -0.39 is 41.0 Å². The first-order valence-electron chi connectivity index (χ1n) is 20.1. The summed E-state index contributed by atoms with van der Waals surface area (Å²) in [6.07, 6.45) is 0. The van der Waals surface area contributed by atoms with E-state index in [2.05, 4.69) is 36.9 Å². The van der Waals surface area contributed by atoms with Crippen molar-refractivity contribution in [3.63, 3.8) is 0 Å². The molecule has 6 nitrogen and oxygen atoms in total.